The highest BCUT2D eigenvalue weighted by Crippen LogP contribution is 2.17. The Hall–Kier alpha value is -1.57. The van der Waals surface area contributed by atoms with Gasteiger partial charge in [-0.3, -0.25) is 4.57 Å². The molecule has 1 N–H and O–H groups in total. The summed E-state index contributed by atoms with van der Waals surface area (Å²) in [6.45, 7) is 1.73. The van der Waals surface area contributed by atoms with Crippen molar-refractivity contribution in [1.29, 1.82) is 0 Å². The predicted octanol–water partition coefficient (Wildman–Crippen LogP) is 0.0921. The van der Waals surface area contributed by atoms with Gasteiger partial charge in [0, 0.05) is 14.0 Å². The molecule has 0 aliphatic heterocycles. The zero-order chi connectivity index (χ0) is 10.8. The van der Waals surface area contributed by atoms with E-state index in [1.807, 2.05) is 0 Å². The lowest BCUT2D eigenvalue weighted by Gasteiger charge is -1.95. The van der Waals surface area contributed by atoms with Crippen molar-refractivity contribution in [3.05, 3.63) is 22.3 Å². The molecule has 0 aromatic carbocycles. The zero-order valence-electron chi connectivity index (χ0n) is 8.22. The van der Waals surface area contributed by atoms with Crippen LogP contribution in [0.4, 0.5) is 0 Å². The Kier molecular flexibility index (Phi) is 2.58. The third kappa shape index (κ3) is 2.09. The summed E-state index contributed by atoms with van der Waals surface area (Å²) in [4.78, 5) is 11.0. The van der Waals surface area contributed by atoms with Crippen LogP contribution in [0.1, 0.15) is 11.8 Å². The van der Waals surface area contributed by atoms with E-state index in [2.05, 4.69) is 20.4 Å². The summed E-state index contributed by atoms with van der Waals surface area (Å²) in [6, 6.07) is 0. The van der Waals surface area contributed by atoms with Gasteiger partial charge >= 0.3 is 5.69 Å². The fourth-order valence-electron chi connectivity index (χ4n) is 0.984. The SMILES string of the molecule is Cc1nnc(CSc2n[nH]c(=O)n2C)o1. The summed E-state index contributed by atoms with van der Waals surface area (Å²) < 4.78 is 6.61. The molecule has 2 aromatic rings. The molecule has 7 nitrogen and oxygen atoms in total. The van der Waals surface area contributed by atoms with Gasteiger partial charge in [-0.05, 0) is 0 Å². The van der Waals surface area contributed by atoms with Gasteiger partial charge < -0.3 is 4.42 Å². The van der Waals surface area contributed by atoms with Crippen molar-refractivity contribution in [1.82, 2.24) is 25.0 Å². The Balaban J connectivity index is 2.05. The highest BCUT2D eigenvalue weighted by atomic mass is 32.2. The van der Waals surface area contributed by atoms with Crippen molar-refractivity contribution in [2.75, 3.05) is 0 Å². The molecule has 2 aromatic heterocycles. The molecule has 0 amide bonds. The van der Waals surface area contributed by atoms with E-state index >= 15 is 0 Å². The second-order valence-electron chi connectivity index (χ2n) is 2.87. The molecule has 0 fully saturated rings. The number of aryl methyl sites for hydroxylation is 1. The van der Waals surface area contributed by atoms with E-state index in [1.165, 1.54) is 16.3 Å². The van der Waals surface area contributed by atoms with E-state index < -0.39 is 0 Å². The maximum absolute atomic E-state index is 11.0. The third-order valence-corrected chi connectivity index (χ3v) is 2.75. The van der Waals surface area contributed by atoms with Gasteiger partial charge in [0.25, 0.3) is 0 Å². The minimum Gasteiger partial charge on any atom is -0.425 e. The first-order valence-electron chi connectivity index (χ1n) is 4.20. The fourth-order valence-corrected chi connectivity index (χ4v) is 1.74. The Morgan fingerprint density at radius 3 is 2.87 bits per heavy atom. The van der Waals surface area contributed by atoms with Crippen LogP contribution >= 0.6 is 11.8 Å². The molecular weight excluding hydrogens is 218 g/mol. The smallest absolute Gasteiger partial charge is 0.343 e. The average Bonchev–Trinajstić information content (AvgIpc) is 2.74. The minimum atomic E-state index is -0.237. The number of hydrogen-bond donors (Lipinski definition) is 1. The molecule has 2 rings (SSSR count). The van der Waals surface area contributed by atoms with E-state index in [4.69, 9.17) is 4.42 Å². The van der Waals surface area contributed by atoms with Crippen LogP contribution in [0.15, 0.2) is 14.4 Å². The number of aromatic amines is 1. The second-order valence-corrected chi connectivity index (χ2v) is 3.82. The van der Waals surface area contributed by atoms with E-state index in [0.29, 0.717) is 22.7 Å². The summed E-state index contributed by atoms with van der Waals surface area (Å²) in [6.07, 6.45) is 0. The molecule has 0 saturated heterocycles. The molecule has 0 saturated carbocycles. The van der Waals surface area contributed by atoms with Gasteiger partial charge in [0.2, 0.25) is 11.8 Å². The van der Waals surface area contributed by atoms with Crippen LogP contribution in [-0.4, -0.2) is 25.0 Å². The lowest BCUT2D eigenvalue weighted by atomic mass is 10.8. The highest BCUT2D eigenvalue weighted by Gasteiger charge is 2.08. The number of rotatable bonds is 3. The molecule has 0 atom stereocenters. The number of thioether (sulfide) groups is 1. The first kappa shape index (κ1) is 9.97. The summed E-state index contributed by atoms with van der Waals surface area (Å²) in [5.74, 6) is 1.55. The van der Waals surface area contributed by atoms with Gasteiger partial charge in [-0.15, -0.1) is 15.3 Å². The Labute approximate surface area is 88.9 Å². The van der Waals surface area contributed by atoms with Gasteiger partial charge in [-0.1, -0.05) is 11.8 Å². The normalized spacial score (nSPS) is 10.8. The van der Waals surface area contributed by atoms with Gasteiger partial charge in [-0.2, -0.15) is 0 Å². The molecule has 0 aliphatic carbocycles. The Bertz CT molecular complexity index is 513. The van der Waals surface area contributed by atoms with E-state index in [9.17, 15) is 4.79 Å². The van der Waals surface area contributed by atoms with Crippen LogP contribution in [-0.2, 0) is 12.8 Å². The van der Waals surface area contributed by atoms with Crippen LogP contribution in [0.25, 0.3) is 0 Å². The lowest BCUT2D eigenvalue weighted by molar-refractivity contribution is 0.485. The fraction of sp³-hybridized carbons (Fsp3) is 0.429. The van der Waals surface area contributed by atoms with E-state index in [1.54, 1.807) is 14.0 Å². The second kappa shape index (κ2) is 3.89. The Morgan fingerprint density at radius 2 is 2.33 bits per heavy atom. The summed E-state index contributed by atoms with van der Waals surface area (Å²) >= 11 is 1.36. The molecule has 15 heavy (non-hydrogen) atoms. The number of hydrogen-bond acceptors (Lipinski definition) is 6. The van der Waals surface area contributed by atoms with E-state index in [0.717, 1.165) is 0 Å². The lowest BCUT2D eigenvalue weighted by Crippen LogP contribution is -2.12. The largest absolute Gasteiger partial charge is 0.425 e. The number of nitrogens with one attached hydrogen (secondary N) is 1. The monoisotopic (exact) mass is 227 g/mol. The first-order valence-corrected chi connectivity index (χ1v) is 5.18. The van der Waals surface area contributed by atoms with Crippen LogP contribution < -0.4 is 5.69 Å². The van der Waals surface area contributed by atoms with E-state index in [-0.39, 0.29) is 5.69 Å². The summed E-state index contributed by atoms with van der Waals surface area (Å²) in [5, 5.41) is 14.3. The standard InChI is InChI=1S/C7H9N5O2S/c1-4-8-9-5(14-4)3-15-7-11-10-6(13)12(7)2/h3H2,1-2H3,(H,10,13). The topological polar surface area (TPSA) is 89.6 Å². The summed E-state index contributed by atoms with van der Waals surface area (Å²) in [5.41, 5.74) is -0.237. The molecule has 0 aliphatic rings. The van der Waals surface area contributed by atoms with Gasteiger partial charge in [-0.25, -0.2) is 9.89 Å². The maximum atomic E-state index is 11.0. The molecule has 0 spiro atoms. The van der Waals surface area contributed by atoms with Gasteiger partial charge in [0.05, 0.1) is 5.75 Å². The van der Waals surface area contributed by atoms with Crippen molar-refractivity contribution in [3.8, 4) is 0 Å². The van der Waals surface area contributed by atoms with Crippen LogP contribution in [0.2, 0.25) is 0 Å². The van der Waals surface area contributed by atoms with Crippen LogP contribution in [0, 0.1) is 6.92 Å². The molecule has 8 heteroatoms. The van der Waals surface area contributed by atoms with Crippen LogP contribution in [0.3, 0.4) is 0 Å². The van der Waals surface area contributed by atoms with Crippen molar-refractivity contribution < 1.29 is 4.42 Å². The molecule has 2 heterocycles. The Morgan fingerprint density at radius 1 is 1.53 bits per heavy atom. The number of H-pyrrole nitrogens is 1. The number of nitrogens with zero attached hydrogens (tertiary/aromatic N) is 4. The molecule has 0 unspecified atom stereocenters. The van der Waals surface area contributed by atoms with Gasteiger partial charge in [0.15, 0.2) is 5.16 Å². The average molecular weight is 227 g/mol. The molecular formula is C7H9N5O2S. The van der Waals surface area contributed by atoms with Crippen molar-refractivity contribution in [2.45, 2.75) is 17.8 Å². The minimum absolute atomic E-state index is 0.237. The third-order valence-electron chi connectivity index (χ3n) is 1.73. The summed E-state index contributed by atoms with van der Waals surface area (Å²) in [7, 11) is 1.65. The maximum Gasteiger partial charge on any atom is 0.343 e. The first-order chi connectivity index (χ1) is 7.16. The quantitative estimate of drug-likeness (QED) is 0.747. The number of aromatic nitrogens is 5. The highest BCUT2D eigenvalue weighted by molar-refractivity contribution is 7.98. The molecule has 0 radical (unpaired) electrons. The zero-order valence-corrected chi connectivity index (χ0v) is 9.04. The van der Waals surface area contributed by atoms with Crippen LogP contribution in [0.5, 0.6) is 0 Å². The predicted molar refractivity (Wildman–Crippen MR) is 52.4 cm³/mol. The van der Waals surface area contributed by atoms with Crippen molar-refractivity contribution in [2.24, 2.45) is 7.05 Å². The van der Waals surface area contributed by atoms with Crippen molar-refractivity contribution in [3.63, 3.8) is 0 Å². The van der Waals surface area contributed by atoms with Gasteiger partial charge in [0.1, 0.15) is 0 Å². The van der Waals surface area contributed by atoms with Crippen molar-refractivity contribution >= 4 is 11.8 Å². The molecule has 80 valence electrons. The molecule has 0 bridgehead atoms.